The third-order valence-corrected chi connectivity index (χ3v) is 4.03. The predicted octanol–water partition coefficient (Wildman–Crippen LogP) is 1.79. The lowest BCUT2D eigenvalue weighted by molar-refractivity contribution is 0.407. The molecule has 2 N–H and O–H groups in total. The smallest absolute Gasteiger partial charge is 0.204 e. The van der Waals surface area contributed by atoms with E-state index in [2.05, 4.69) is 19.2 Å². The fourth-order valence-corrected chi connectivity index (χ4v) is 3.13. The van der Waals surface area contributed by atoms with Gasteiger partial charge in [0.2, 0.25) is 5.95 Å². The second-order valence-corrected chi connectivity index (χ2v) is 5.78. The number of fused-ring (bicyclic) bond motifs is 2. The minimum absolute atomic E-state index is 0.108. The molecule has 0 radical (unpaired) electrons. The first-order chi connectivity index (χ1) is 8.09. The predicted molar refractivity (Wildman–Crippen MR) is 67.2 cm³/mol. The number of hydrogen-bond acceptors (Lipinski definition) is 3. The van der Waals surface area contributed by atoms with Crippen LogP contribution in [-0.4, -0.2) is 16.1 Å². The monoisotopic (exact) mass is 232 g/mol. The Bertz CT molecular complexity index is 513. The summed E-state index contributed by atoms with van der Waals surface area (Å²) in [6, 6.07) is 0. The molecule has 17 heavy (non-hydrogen) atoms. The van der Waals surface area contributed by atoms with E-state index in [-0.39, 0.29) is 5.41 Å². The van der Waals surface area contributed by atoms with Gasteiger partial charge in [0, 0.05) is 18.7 Å². The van der Waals surface area contributed by atoms with Gasteiger partial charge in [-0.1, -0.05) is 13.8 Å². The average Bonchev–Trinajstić information content (AvgIpc) is 2.28. The van der Waals surface area contributed by atoms with Crippen LogP contribution in [0.4, 0.5) is 5.95 Å². The minimum atomic E-state index is 0.108. The molecule has 1 aromatic heterocycles. The summed E-state index contributed by atoms with van der Waals surface area (Å²) >= 11 is 0. The number of nitrogens with zero attached hydrogens (tertiary/aromatic N) is 2. The van der Waals surface area contributed by atoms with E-state index in [4.69, 9.17) is 10.4 Å². The standard InChI is InChI=1S/C13H20N4/c1-13(2)6-3-5-9-10(13)11(14)17-8-4-7-15-12(17)16-9/h14H,3-8H2,1-2H3,(H,15,16). The topological polar surface area (TPSA) is 53.7 Å². The average molecular weight is 232 g/mol. The molecule has 0 amide bonds. The van der Waals surface area contributed by atoms with Gasteiger partial charge in [-0.2, -0.15) is 0 Å². The van der Waals surface area contributed by atoms with Crippen LogP contribution in [0.1, 0.15) is 44.4 Å². The fraction of sp³-hybridized carbons (Fsp3) is 0.692. The lowest BCUT2D eigenvalue weighted by Crippen LogP contribution is -2.40. The highest BCUT2D eigenvalue weighted by Gasteiger charge is 2.31. The Labute approximate surface area is 102 Å². The highest BCUT2D eigenvalue weighted by atomic mass is 15.2. The molecular weight excluding hydrogens is 212 g/mol. The molecule has 1 aliphatic heterocycles. The first kappa shape index (κ1) is 10.8. The molecule has 2 heterocycles. The maximum absolute atomic E-state index is 8.44. The van der Waals surface area contributed by atoms with Crippen LogP contribution < -0.4 is 10.8 Å². The van der Waals surface area contributed by atoms with E-state index in [1.807, 2.05) is 4.57 Å². The van der Waals surface area contributed by atoms with Crippen LogP contribution in [0.5, 0.6) is 0 Å². The zero-order valence-corrected chi connectivity index (χ0v) is 10.6. The van der Waals surface area contributed by atoms with Crippen LogP contribution in [0, 0.1) is 5.41 Å². The summed E-state index contributed by atoms with van der Waals surface area (Å²) in [6.07, 6.45) is 4.47. The van der Waals surface area contributed by atoms with E-state index in [1.165, 1.54) is 18.4 Å². The summed E-state index contributed by atoms with van der Waals surface area (Å²) in [5.74, 6) is 0.901. The SMILES string of the molecule is CC1(C)CCCc2nc3n(c(=N)c21)CCCN3. The van der Waals surface area contributed by atoms with E-state index in [1.54, 1.807) is 0 Å². The highest BCUT2D eigenvalue weighted by molar-refractivity contribution is 5.37. The molecule has 1 aromatic rings. The fourth-order valence-electron chi connectivity index (χ4n) is 3.13. The lowest BCUT2D eigenvalue weighted by Gasteiger charge is -2.34. The quantitative estimate of drug-likeness (QED) is 0.716. The Morgan fingerprint density at radius 1 is 1.35 bits per heavy atom. The number of anilines is 1. The van der Waals surface area contributed by atoms with Crippen LogP contribution in [0.25, 0.3) is 0 Å². The van der Waals surface area contributed by atoms with Crippen molar-refractivity contribution in [3.63, 3.8) is 0 Å². The molecule has 0 unspecified atom stereocenters. The number of nitrogens with one attached hydrogen (secondary N) is 2. The molecule has 0 fully saturated rings. The van der Waals surface area contributed by atoms with Crippen LogP contribution in [0.2, 0.25) is 0 Å². The largest absolute Gasteiger partial charge is 0.356 e. The summed E-state index contributed by atoms with van der Waals surface area (Å²) in [5, 5.41) is 11.8. The van der Waals surface area contributed by atoms with Crippen molar-refractivity contribution in [1.29, 1.82) is 5.41 Å². The van der Waals surface area contributed by atoms with Crippen molar-refractivity contribution < 1.29 is 0 Å². The Balaban J connectivity index is 2.26. The van der Waals surface area contributed by atoms with E-state index in [0.717, 1.165) is 37.6 Å². The van der Waals surface area contributed by atoms with Crippen molar-refractivity contribution in [2.24, 2.45) is 0 Å². The molecule has 4 nitrogen and oxygen atoms in total. The van der Waals surface area contributed by atoms with E-state index in [9.17, 15) is 0 Å². The van der Waals surface area contributed by atoms with Gasteiger partial charge >= 0.3 is 0 Å². The number of rotatable bonds is 0. The van der Waals surface area contributed by atoms with Crippen molar-refractivity contribution in [2.45, 2.75) is 51.5 Å². The van der Waals surface area contributed by atoms with Crippen molar-refractivity contribution in [2.75, 3.05) is 11.9 Å². The molecule has 1 aliphatic carbocycles. The van der Waals surface area contributed by atoms with Gasteiger partial charge in [-0.05, 0) is 31.1 Å². The Hall–Kier alpha value is -1.32. The first-order valence-electron chi connectivity index (χ1n) is 6.52. The van der Waals surface area contributed by atoms with Gasteiger partial charge in [0.15, 0.2) is 0 Å². The number of aromatic nitrogens is 2. The van der Waals surface area contributed by atoms with Crippen LogP contribution in [0.3, 0.4) is 0 Å². The Morgan fingerprint density at radius 3 is 3.00 bits per heavy atom. The lowest BCUT2D eigenvalue weighted by atomic mass is 9.75. The van der Waals surface area contributed by atoms with E-state index in [0.29, 0.717) is 5.49 Å². The highest BCUT2D eigenvalue weighted by Crippen LogP contribution is 2.34. The molecule has 92 valence electrons. The van der Waals surface area contributed by atoms with Crippen molar-refractivity contribution >= 4 is 5.95 Å². The summed E-state index contributed by atoms with van der Waals surface area (Å²) in [7, 11) is 0. The van der Waals surface area contributed by atoms with Crippen LogP contribution >= 0.6 is 0 Å². The molecule has 0 spiro atoms. The third-order valence-electron chi connectivity index (χ3n) is 4.03. The van der Waals surface area contributed by atoms with Crippen molar-refractivity contribution in [3.05, 3.63) is 16.7 Å². The van der Waals surface area contributed by atoms with Gasteiger partial charge < -0.3 is 5.32 Å². The van der Waals surface area contributed by atoms with Gasteiger partial charge in [0.25, 0.3) is 0 Å². The molecule has 3 rings (SSSR count). The summed E-state index contributed by atoms with van der Waals surface area (Å²) in [5.41, 5.74) is 3.11. The molecule has 2 aliphatic rings. The van der Waals surface area contributed by atoms with Gasteiger partial charge in [-0.3, -0.25) is 9.98 Å². The second kappa shape index (κ2) is 3.59. The molecular formula is C13H20N4. The van der Waals surface area contributed by atoms with E-state index < -0.39 is 0 Å². The summed E-state index contributed by atoms with van der Waals surface area (Å²) in [6.45, 7) is 6.40. The zero-order valence-electron chi connectivity index (χ0n) is 10.6. The minimum Gasteiger partial charge on any atom is -0.356 e. The third kappa shape index (κ3) is 1.58. The molecule has 0 saturated carbocycles. The van der Waals surface area contributed by atoms with Crippen LogP contribution in [0.15, 0.2) is 0 Å². The molecule has 0 atom stereocenters. The van der Waals surface area contributed by atoms with Gasteiger partial charge in [-0.25, -0.2) is 4.98 Å². The number of aryl methyl sites for hydroxylation is 1. The van der Waals surface area contributed by atoms with Gasteiger partial charge in [0.05, 0.1) is 5.69 Å². The molecule has 0 bridgehead atoms. The second-order valence-electron chi connectivity index (χ2n) is 5.78. The molecule has 4 heteroatoms. The van der Waals surface area contributed by atoms with Crippen molar-refractivity contribution in [1.82, 2.24) is 9.55 Å². The van der Waals surface area contributed by atoms with E-state index >= 15 is 0 Å². The Kier molecular flexibility index (Phi) is 2.28. The number of hydrogen-bond donors (Lipinski definition) is 2. The maximum Gasteiger partial charge on any atom is 0.204 e. The van der Waals surface area contributed by atoms with Gasteiger partial charge in [-0.15, -0.1) is 0 Å². The van der Waals surface area contributed by atoms with Crippen LogP contribution in [-0.2, 0) is 18.4 Å². The Morgan fingerprint density at radius 2 is 2.18 bits per heavy atom. The molecule has 0 aromatic carbocycles. The summed E-state index contributed by atoms with van der Waals surface area (Å²) in [4.78, 5) is 4.74. The maximum atomic E-state index is 8.44. The first-order valence-corrected chi connectivity index (χ1v) is 6.52. The normalized spacial score (nSPS) is 21.3. The zero-order chi connectivity index (χ0) is 12.0. The van der Waals surface area contributed by atoms with Gasteiger partial charge in [0.1, 0.15) is 5.49 Å². The van der Waals surface area contributed by atoms with Crippen molar-refractivity contribution in [3.8, 4) is 0 Å². The summed E-state index contributed by atoms with van der Waals surface area (Å²) < 4.78 is 2.04. The molecule has 0 saturated heterocycles.